The van der Waals surface area contributed by atoms with Crippen LogP contribution in [0.15, 0.2) is 22.7 Å². The van der Waals surface area contributed by atoms with Crippen molar-refractivity contribution < 1.29 is 27.5 Å². The highest BCUT2D eigenvalue weighted by molar-refractivity contribution is 5.85. The van der Waals surface area contributed by atoms with Crippen LogP contribution in [0, 0.1) is 0 Å². The molecule has 1 aliphatic heterocycles. The minimum absolute atomic E-state index is 0. The van der Waals surface area contributed by atoms with Gasteiger partial charge in [0.05, 0.1) is 19.8 Å². The number of methoxy groups -OCH3 is 1. The first-order valence-corrected chi connectivity index (χ1v) is 7.40. The SMILES string of the molecule is COc1cc(-c2noc([C@H]3NCCO[C@@H]3C)n2)ccc1OC(F)F.Cl. The quantitative estimate of drug-likeness (QED) is 0.858. The number of hydrogen-bond acceptors (Lipinski definition) is 7. The molecular weight excluding hydrogens is 360 g/mol. The van der Waals surface area contributed by atoms with Crippen molar-refractivity contribution in [2.45, 2.75) is 25.7 Å². The molecular formula is C15H18ClF2N3O4. The third kappa shape index (κ3) is 4.36. The van der Waals surface area contributed by atoms with Crippen molar-refractivity contribution >= 4 is 12.4 Å². The van der Waals surface area contributed by atoms with E-state index >= 15 is 0 Å². The Kier molecular flexibility index (Phi) is 6.51. The Morgan fingerprint density at radius 2 is 2.12 bits per heavy atom. The van der Waals surface area contributed by atoms with Crippen molar-refractivity contribution in [2.75, 3.05) is 20.3 Å². The third-order valence-corrected chi connectivity index (χ3v) is 3.66. The molecule has 25 heavy (non-hydrogen) atoms. The summed E-state index contributed by atoms with van der Waals surface area (Å²) < 4.78 is 45.1. The monoisotopic (exact) mass is 377 g/mol. The Morgan fingerprint density at radius 3 is 2.80 bits per heavy atom. The van der Waals surface area contributed by atoms with Gasteiger partial charge in [0.2, 0.25) is 11.7 Å². The number of alkyl halides is 2. The predicted octanol–water partition coefficient (Wildman–Crippen LogP) is 2.82. The Hall–Kier alpha value is -1.97. The van der Waals surface area contributed by atoms with E-state index in [1.807, 2.05) is 6.92 Å². The second-order valence-electron chi connectivity index (χ2n) is 5.21. The first-order valence-electron chi connectivity index (χ1n) is 7.40. The van der Waals surface area contributed by atoms with Crippen LogP contribution in [0.1, 0.15) is 18.9 Å². The average Bonchev–Trinajstić information content (AvgIpc) is 3.05. The molecule has 1 fully saturated rings. The second kappa shape index (κ2) is 8.41. The second-order valence-corrected chi connectivity index (χ2v) is 5.21. The van der Waals surface area contributed by atoms with Gasteiger partial charge >= 0.3 is 6.61 Å². The summed E-state index contributed by atoms with van der Waals surface area (Å²) >= 11 is 0. The molecule has 0 unspecified atom stereocenters. The van der Waals surface area contributed by atoms with Crippen LogP contribution in [0.5, 0.6) is 11.5 Å². The van der Waals surface area contributed by atoms with E-state index in [1.54, 1.807) is 6.07 Å². The molecule has 138 valence electrons. The number of benzene rings is 1. The standard InChI is InChI=1S/C15H17F2N3O4.ClH/c1-8-12(18-5-6-22-8)14-19-13(20-24-14)9-3-4-10(23-15(16)17)11(7-9)21-2;/h3-4,7-8,12,15,18H,5-6H2,1-2H3;1H/t8-,12+;/m1./s1. The summed E-state index contributed by atoms with van der Waals surface area (Å²) in [6, 6.07) is 4.26. The van der Waals surface area contributed by atoms with Crippen molar-refractivity contribution in [1.29, 1.82) is 0 Å². The fourth-order valence-electron chi connectivity index (χ4n) is 2.49. The fourth-order valence-corrected chi connectivity index (χ4v) is 2.49. The summed E-state index contributed by atoms with van der Waals surface area (Å²) in [4.78, 5) is 4.36. The molecule has 0 aliphatic carbocycles. The van der Waals surface area contributed by atoms with Crippen molar-refractivity contribution in [3.8, 4) is 22.9 Å². The Bertz CT molecular complexity index is 701. The summed E-state index contributed by atoms with van der Waals surface area (Å²) in [6.45, 7) is 0.308. The van der Waals surface area contributed by atoms with Gasteiger partial charge in [0.1, 0.15) is 6.04 Å². The highest BCUT2D eigenvalue weighted by Gasteiger charge is 2.28. The molecule has 1 aromatic heterocycles. The van der Waals surface area contributed by atoms with Crippen LogP contribution in [0.25, 0.3) is 11.4 Å². The maximum Gasteiger partial charge on any atom is 0.387 e. The Balaban J connectivity index is 0.00000225. The highest BCUT2D eigenvalue weighted by atomic mass is 35.5. The molecule has 1 aromatic carbocycles. The number of aromatic nitrogens is 2. The van der Waals surface area contributed by atoms with E-state index in [9.17, 15) is 8.78 Å². The van der Waals surface area contributed by atoms with Gasteiger partial charge in [-0.15, -0.1) is 12.4 Å². The van der Waals surface area contributed by atoms with Crippen LogP contribution in [0.4, 0.5) is 8.78 Å². The van der Waals surface area contributed by atoms with E-state index in [2.05, 4.69) is 20.2 Å². The number of rotatable bonds is 5. The lowest BCUT2D eigenvalue weighted by Gasteiger charge is -2.27. The Labute approximate surface area is 149 Å². The zero-order chi connectivity index (χ0) is 17.1. The summed E-state index contributed by atoms with van der Waals surface area (Å²) in [5, 5.41) is 7.19. The largest absolute Gasteiger partial charge is 0.493 e. The van der Waals surface area contributed by atoms with Gasteiger partial charge in [-0.05, 0) is 25.1 Å². The van der Waals surface area contributed by atoms with E-state index in [4.69, 9.17) is 14.0 Å². The third-order valence-electron chi connectivity index (χ3n) is 3.66. The van der Waals surface area contributed by atoms with Gasteiger partial charge in [-0.25, -0.2) is 0 Å². The van der Waals surface area contributed by atoms with Crippen LogP contribution in [0.3, 0.4) is 0 Å². The summed E-state index contributed by atoms with van der Waals surface area (Å²) in [6.07, 6.45) is -0.0941. The lowest BCUT2D eigenvalue weighted by molar-refractivity contribution is -0.0512. The maximum atomic E-state index is 12.4. The normalized spacial score (nSPS) is 20.2. The molecule has 2 heterocycles. The lowest BCUT2D eigenvalue weighted by atomic mass is 10.1. The van der Waals surface area contributed by atoms with Gasteiger partial charge in [-0.2, -0.15) is 13.8 Å². The zero-order valence-electron chi connectivity index (χ0n) is 13.6. The topological polar surface area (TPSA) is 78.6 Å². The number of morpholine rings is 1. The predicted molar refractivity (Wildman–Crippen MR) is 86.3 cm³/mol. The molecule has 7 nitrogen and oxygen atoms in total. The molecule has 0 bridgehead atoms. The van der Waals surface area contributed by atoms with E-state index in [1.165, 1.54) is 19.2 Å². The summed E-state index contributed by atoms with van der Waals surface area (Å²) in [5.74, 6) is 0.832. The highest BCUT2D eigenvalue weighted by Crippen LogP contribution is 2.33. The van der Waals surface area contributed by atoms with E-state index in [-0.39, 0.29) is 36.1 Å². The van der Waals surface area contributed by atoms with Crippen LogP contribution < -0.4 is 14.8 Å². The number of ether oxygens (including phenoxy) is 3. The van der Waals surface area contributed by atoms with Crippen molar-refractivity contribution in [3.05, 3.63) is 24.1 Å². The molecule has 0 radical (unpaired) electrons. The van der Waals surface area contributed by atoms with E-state index in [0.29, 0.717) is 30.4 Å². The first-order chi connectivity index (χ1) is 11.6. The lowest BCUT2D eigenvalue weighted by Crippen LogP contribution is -2.40. The van der Waals surface area contributed by atoms with Crippen LogP contribution >= 0.6 is 12.4 Å². The molecule has 1 aliphatic rings. The molecule has 3 rings (SSSR count). The van der Waals surface area contributed by atoms with Gasteiger partial charge in [0, 0.05) is 12.1 Å². The van der Waals surface area contributed by atoms with Gasteiger partial charge in [0.15, 0.2) is 11.5 Å². The van der Waals surface area contributed by atoms with Crippen LogP contribution in [0.2, 0.25) is 0 Å². The molecule has 2 atom stereocenters. The fraction of sp³-hybridized carbons (Fsp3) is 0.467. The first kappa shape index (κ1) is 19.4. The summed E-state index contributed by atoms with van der Waals surface area (Å²) in [5.41, 5.74) is 0.563. The van der Waals surface area contributed by atoms with Crippen molar-refractivity contribution in [1.82, 2.24) is 15.5 Å². The number of halogens is 3. The molecule has 2 aromatic rings. The zero-order valence-corrected chi connectivity index (χ0v) is 14.4. The van der Waals surface area contributed by atoms with Gasteiger partial charge < -0.3 is 24.1 Å². The van der Waals surface area contributed by atoms with E-state index < -0.39 is 6.61 Å². The van der Waals surface area contributed by atoms with Crippen molar-refractivity contribution in [3.63, 3.8) is 0 Å². The minimum Gasteiger partial charge on any atom is -0.493 e. The van der Waals surface area contributed by atoms with Crippen molar-refractivity contribution in [2.24, 2.45) is 0 Å². The number of hydrogen-bond donors (Lipinski definition) is 1. The molecule has 0 spiro atoms. The van der Waals surface area contributed by atoms with E-state index in [0.717, 1.165) is 0 Å². The molecule has 10 heteroatoms. The minimum atomic E-state index is -2.93. The number of nitrogens with one attached hydrogen (secondary N) is 1. The van der Waals surface area contributed by atoms with Crippen LogP contribution in [-0.2, 0) is 4.74 Å². The molecule has 0 amide bonds. The van der Waals surface area contributed by atoms with Gasteiger partial charge in [-0.3, -0.25) is 0 Å². The molecule has 0 saturated carbocycles. The summed E-state index contributed by atoms with van der Waals surface area (Å²) in [7, 11) is 1.37. The molecule has 1 N–H and O–H groups in total. The van der Waals surface area contributed by atoms with Gasteiger partial charge in [-0.1, -0.05) is 5.16 Å². The van der Waals surface area contributed by atoms with Gasteiger partial charge in [0.25, 0.3) is 0 Å². The van der Waals surface area contributed by atoms with Crippen LogP contribution in [-0.4, -0.2) is 43.1 Å². The number of nitrogens with zero attached hydrogens (tertiary/aromatic N) is 2. The smallest absolute Gasteiger partial charge is 0.387 e. The average molecular weight is 378 g/mol. The molecule has 1 saturated heterocycles. The Morgan fingerprint density at radius 1 is 1.32 bits per heavy atom. The maximum absolute atomic E-state index is 12.4.